The lowest BCUT2D eigenvalue weighted by Crippen LogP contribution is -3.00. The van der Waals surface area contributed by atoms with E-state index in [1.807, 2.05) is 26.2 Å². The van der Waals surface area contributed by atoms with E-state index in [1.54, 1.807) is 18.2 Å². The van der Waals surface area contributed by atoms with Crippen LogP contribution in [0.25, 0.3) is 0 Å². The maximum absolute atomic E-state index is 14.9. The Morgan fingerprint density at radius 2 is 1.67 bits per heavy atom. The van der Waals surface area contributed by atoms with E-state index in [1.165, 1.54) is 23.6 Å². The van der Waals surface area contributed by atoms with Crippen LogP contribution in [0.3, 0.4) is 0 Å². The predicted octanol–water partition coefficient (Wildman–Crippen LogP) is 6.24. The summed E-state index contributed by atoms with van der Waals surface area (Å²) in [6.45, 7) is 7.46. The minimum Gasteiger partial charge on any atom is -1.00 e. The lowest BCUT2D eigenvalue weighted by atomic mass is 9.47. The van der Waals surface area contributed by atoms with Crippen LogP contribution in [0.4, 0.5) is 4.79 Å². The highest BCUT2D eigenvalue weighted by molar-refractivity contribution is 7.46. The second-order valence-electron chi connectivity index (χ2n) is 23.4. The van der Waals surface area contributed by atoms with Crippen molar-refractivity contribution in [3.8, 4) is 5.75 Å². The van der Waals surface area contributed by atoms with Crippen LogP contribution in [-0.4, -0.2) is 115 Å². The molecule has 0 bridgehead atoms. The van der Waals surface area contributed by atoms with Gasteiger partial charge in [0, 0.05) is 42.1 Å². The maximum atomic E-state index is 14.9. The van der Waals surface area contributed by atoms with Gasteiger partial charge in [-0.2, -0.15) is 0 Å². The molecule has 416 valence electrons. The molecule has 2 aromatic carbocycles. The Hall–Kier alpha value is -3.47. The summed E-state index contributed by atoms with van der Waals surface area (Å²) in [5, 5.41) is 17.3. The molecule has 2 aromatic rings. The zero-order chi connectivity index (χ0) is 52.6. The molecule has 5 fully saturated rings. The van der Waals surface area contributed by atoms with Crippen molar-refractivity contribution in [2.24, 2.45) is 34.5 Å². The Morgan fingerprint density at radius 3 is 2.43 bits per heavy atom. The first-order valence-corrected chi connectivity index (χ1v) is 29.4. The van der Waals surface area contributed by atoms with Crippen molar-refractivity contribution in [2.45, 2.75) is 154 Å². The summed E-state index contributed by atoms with van der Waals surface area (Å²) in [7, 11) is -1.06. The van der Waals surface area contributed by atoms with Crippen LogP contribution in [0.1, 0.15) is 139 Å². The highest BCUT2D eigenvalue weighted by Crippen LogP contribution is 2.70. The quantitative estimate of drug-likeness (QED) is 0.0404. The minimum atomic E-state index is -4.90. The van der Waals surface area contributed by atoms with Crippen LogP contribution in [0.15, 0.2) is 72.3 Å². The number of alkyl carbamates (subject to hydrolysis) is 1. The average Bonchev–Trinajstić information content (AvgIpc) is 3.89. The summed E-state index contributed by atoms with van der Waals surface area (Å²) in [6, 6.07) is 15.3. The summed E-state index contributed by atoms with van der Waals surface area (Å²) >= 11 is 0. The van der Waals surface area contributed by atoms with Crippen LogP contribution in [0.5, 0.6) is 5.75 Å². The molecule has 8 rings (SSSR count). The predicted molar refractivity (Wildman–Crippen MR) is 282 cm³/mol. The Bertz CT molecular complexity index is 2360. The lowest BCUT2D eigenvalue weighted by Gasteiger charge is -2.58. The van der Waals surface area contributed by atoms with Gasteiger partial charge in [-0.3, -0.25) is 19.4 Å². The van der Waals surface area contributed by atoms with Gasteiger partial charge in [0.05, 0.1) is 39.4 Å². The molecule has 0 aromatic heterocycles. The summed E-state index contributed by atoms with van der Waals surface area (Å²) in [4.78, 5) is 60.2. The van der Waals surface area contributed by atoms with Crippen LogP contribution < -0.4 is 27.6 Å². The number of quaternary nitrogens is 1. The van der Waals surface area contributed by atoms with Crippen LogP contribution >= 0.6 is 7.82 Å². The van der Waals surface area contributed by atoms with E-state index in [2.05, 4.69) is 54.8 Å². The highest BCUT2D eigenvalue weighted by atomic mass is 35.5. The first kappa shape index (κ1) is 59.2. The van der Waals surface area contributed by atoms with Crippen molar-refractivity contribution >= 4 is 25.5 Å². The fraction of sp³-hybridized carbons (Fsp3) is 0.672. The second-order valence-corrected chi connectivity index (χ2v) is 24.6. The number of aliphatic hydroxyl groups excluding tert-OH is 1. The number of likely N-dealkylation sites (N-methyl/N-ethyl adjacent to an activating group) is 1. The third-order valence-corrected chi connectivity index (χ3v) is 18.4. The molecule has 9 atom stereocenters. The van der Waals surface area contributed by atoms with E-state index in [4.69, 9.17) is 23.5 Å². The van der Waals surface area contributed by atoms with Gasteiger partial charge in [0.2, 0.25) is 5.78 Å². The number of amides is 1. The van der Waals surface area contributed by atoms with Crippen LogP contribution in [0.2, 0.25) is 0 Å². The standard InChI is InChI=1S/C58H84N3O12P.ClH/c1-56-28-26-46(62)36-45(56)23-24-47-48(56)27-29-57(2)49(47)37-53-58(57,72-54(71-53)42-20-11-8-12-21-42)52(64)40-70-55(65)60-31-32-61(3,4)39-44-35-43(22-25-51(44)73-74(66,67)68)50(63)38-59-30-14-5-6-15-33-69-34-16-13-19-41-17-9-7-10-18-41;/h7,9-10,17-18,22,25-26,28,35-36,42,47-50,53-54,59,63H,5-6,8,11-16,19-21,23-24,27,29-34,37-40H2,1-4H3,(H2-,60,65,66,67,68);1H/t47-,48+,49+,50?,53-,54-,56+,57+,58-;/m1./s1. The highest BCUT2D eigenvalue weighted by Gasteiger charge is 2.75. The number of aliphatic hydroxyl groups is 1. The van der Waals surface area contributed by atoms with E-state index >= 15 is 0 Å². The number of aryl methyl sites for hydroxylation is 1. The number of halogens is 1. The smallest absolute Gasteiger partial charge is 0.524 e. The van der Waals surface area contributed by atoms with Gasteiger partial charge in [-0.05, 0) is 137 Å². The number of benzene rings is 2. The molecule has 15 nitrogen and oxygen atoms in total. The number of nitrogens with one attached hydrogen (secondary N) is 2. The number of phosphoric acid groups is 1. The molecule has 1 unspecified atom stereocenters. The number of hydrogen-bond acceptors (Lipinski definition) is 11. The van der Waals surface area contributed by atoms with Gasteiger partial charge in [0.15, 0.2) is 24.3 Å². The number of nitrogens with zero attached hydrogens (tertiary/aromatic N) is 1. The number of carbonyl (C=O) groups excluding carboxylic acids is 3. The molecule has 5 aliphatic carbocycles. The fourth-order valence-corrected chi connectivity index (χ4v) is 14.4. The van der Waals surface area contributed by atoms with Gasteiger partial charge in [0.25, 0.3) is 0 Å². The Kier molecular flexibility index (Phi) is 20.5. The van der Waals surface area contributed by atoms with Crippen molar-refractivity contribution in [1.29, 1.82) is 0 Å². The molecule has 1 amide bonds. The zero-order valence-electron chi connectivity index (χ0n) is 44.9. The van der Waals surface area contributed by atoms with E-state index in [-0.39, 0.29) is 64.5 Å². The SMILES string of the molecule is C[C@]12C=CC(=O)C=C1CC[C@@H]1[C@@H]2CC[C@@]2(C)[C@H]1C[C@H]1O[C@@H](C3CCCCC3)O[C@]12C(=O)COC(=O)NCC[N+](C)(C)Cc1cc(C(O)CNCCCCCCOCCCCc2ccccc2)ccc1OP(=O)(O)O.[Cl-]. The molecule has 0 spiro atoms. The van der Waals surface area contributed by atoms with Crippen molar-refractivity contribution in [3.05, 3.63) is 89.0 Å². The number of hydrogen-bond donors (Lipinski definition) is 5. The number of ether oxygens (including phenoxy) is 4. The Morgan fingerprint density at radius 1 is 0.920 bits per heavy atom. The summed E-state index contributed by atoms with van der Waals surface area (Å²) in [5.41, 5.74) is 1.67. The molecule has 1 heterocycles. The van der Waals surface area contributed by atoms with Gasteiger partial charge in [-0.1, -0.05) is 94.0 Å². The molecular weight excluding hydrogens is 997 g/mol. The van der Waals surface area contributed by atoms with Gasteiger partial charge in [-0.25, -0.2) is 9.36 Å². The molecule has 4 saturated carbocycles. The minimum absolute atomic E-state index is 0. The molecule has 17 heteroatoms. The number of unbranched alkanes of at least 4 members (excludes halogenated alkanes) is 4. The zero-order valence-corrected chi connectivity index (χ0v) is 46.5. The number of Topliss-reactive ketones (excluding diaryl/α,β-unsaturated/α-hetero) is 1. The first-order valence-electron chi connectivity index (χ1n) is 27.8. The number of fused-ring (bicyclic) bond motifs is 7. The van der Waals surface area contributed by atoms with E-state index < -0.39 is 50.0 Å². The normalized spacial score (nSPS) is 28.8. The summed E-state index contributed by atoms with van der Waals surface area (Å²) < 4.78 is 42.9. The lowest BCUT2D eigenvalue weighted by molar-refractivity contribution is -0.902. The van der Waals surface area contributed by atoms with Crippen LogP contribution in [0, 0.1) is 34.5 Å². The third kappa shape index (κ3) is 14.2. The van der Waals surface area contributed by atoms with Gasteiger partial charge >= 0.3 is 13.9 Å². The number of ketones is 2. The van der Waals surface area contributed by atoms with Gasteiger partial charge in [-0.15, -0.1) is 0 Å². The largest absolute Gasteiger partial charge is 1.00 e. The van der Waals surface area contributed by atoms with Gasteiger partial charge in [0.1, 0.15) is 12.3 Å². The maximum Gasteiger partial charge on any atom is 0.524 e. The van der Waals surface area contributed by atoms with Gasteiger partial charge < -0.3 is 56.1 Å². The third-order valence-electron chi connectivity index (χ3n) is 17.9. The van der Waals surface area contributed by atoms with Crippen molar-refractivity contribution in [3.63, 3.8) is 0 Å². The van der Waals surface area contributed by atoms with Crippen molar-refractivity contribution in [1.82, 2.24) is 10.6 Å². The molecule has 0 radical (unpaired) electrons. The Balaban J connectivity index is 0.00000820. The number of phosphoric ester groups is 1. The summed E-state index contributed by atoms with van der Waals surface area (Å²) in [6.07, 6.45) is 20.1. The molecule has 75 heavy (non-hydrogen) atoms. The van der Waals surface area contributed by atoms with Crippen molar-refractivity contribution < 1.29 is 74.2 Å². The van der Waals surface area contributed by atoms with E-state index in [0.717, 1.165) is 116 Å². The fourth-order valence-electron chi connectivity index (χ4n) is 14.0. The first-order chi connectivity index (χ1) is 35.4. The monoisotopic (exact) mass is 1080 g/mol. The molecule has 1 saturated heterocycles. The molecule has 1 aliphatic heterocycles. The number of carbonyl (C=O) groups is 3. The molecule has 5 N–H and O–H groups in total. The molecule has 6 aliphatic rings. The number of allylic oxidation sites excluding steroid dienone is 4. The van der Waals surface area contributed by atoms with Crippen LogP contribution in [-0.2, 0) is 46.1 Å². The van der Waals surface area contributed by atoms with E-state index in [0.29, 0.717) is 42.5 Å². The summed E-state index contributed by atoms with van der Waals surface area (Å²) in [5.74, 6) is 0.852. The molecular formula is C58H85ClN3O12P. The van der Waals surface area contributed by atoms with E-state index in [9.17, 15) is 33.8 Å². The number of rotatable bonds is 26. The second kappa shape index (κ2) is 26.0. The topological polar surface area (TPSA) is 199 Å². The Labute approximate surface area is 451 Å². The average molecular weight is 1080 g/mol. The van der Waals surface area contributed by atoms with Crippen molar-refractivity contribution in [2.75, 3.05) is 60.1 Å².